The first-order valence-corrected chi connectivity index (χ1v) is 9.25. The van der Waals surface area contributed by atoms with E-state index in [-0.39, 0.29) is 12.1 Å². The van der Waals surface area contributed by atoms with Crippen LogP contribution in [0.5, 0.6) is 5.75 Å². The summed E-state index contributed by atoms with van der Waals surface area (Å²) in [6.07, 6.45) is 2.16. The van der Waals surface area contributed by atoms with Crippen molar-refractivity contribution in [2.75, 3.05) is 7.11 Å². The van der Waals surface area contributed by atoms with Gasteiger partial charge in [0.15, 0.2) is 0 Å². The molecule has 2 amide bonds. The highest BCUT2D eigenvalue weighted by Gasteiger charge is 2.33. The van der Waals surface area contributed by atoms with Crippen LogP contribution in [0.25, 0.3) is 0 Å². The molecular formula is C22H28N2O2. The Hall–Kier alpha value is -2.49. The fourth-order valence-corrected chi connectivity index (χ4v) is 3.38. The summed E-state index contributed by atoms with van der Waals surface area (Å²) in [4.78, 5) is 14.9. The fourth-order valence-electron chi connectivity index (χ4n) is 3.38. The molecule has 2 aromatic rings. The third-order valence-corrected chi connectivity index (χ3v) is 4.97. The van der Waals surface area contributed by atoms with Crippen molar-refractivity contribution >= 4 is 6.03 Å². The van der Waals surface area contributed by atoms with Crippen LogP contribution in [0.1, 0.15) is 48.1 Å². The van der Waals surface area contributed by atoms with Gasteiger partial charge in [-0.2, -0.15) is 0 Å². The average molecular weight is 352 g/mol. The number of urea groups is 1. The molecule has 26 heavy (non-hydrogen) atoms. The quantitative estimate of drug-likeness (QED) is 0.815. The molecule has 1 aliphatic rings. The topological polar surface area (TPSA) is 41.6 Å². The van der Waals surface area contributed by atoms with E-state index in [2.05, 4.69) is 37.4 Å². The predicted octanol–water partition coefficient (Wildman–Crippen LogP) is 4.75. The van der Waals surface area contributed by atoms with Crippen LogP contribution in [0.15, 0.2) is 42.5 Å². The van der Waals surface area contributed by atoms with E-state index in [1.807, 2.05) is 36.1 Å². The minimum Gasteiger partial charge on any atom is -0.497 e. The van der Waals surface area contributed by atoms with E-state index in [4.69, 9.17) is 4.74 Å². The third-order valence-electron chi connectivity index (χ3n) is 4.97. The number of benzene rings is 2. The molecule has 0 radical (unpaired) electrons. The lowest BCUT2D eigenvalue weighted by atomic mass is 10.0. The SMILES string of the molecule is COc1cccc(CN(C(=O)N[C@H](C)c2ccc(C)cc2C)C2CC2)c1. The molecule has 1 aliphatic carbocycles. The second-order valence-electron chi connectivity index (χ2n) is 7.24. The molecule has 0 aliphatic heterocycles. The third kappa shape index (κ3) is 4.37. The van der Waals surface area contributed by atoms with Gasteiger partial charge in [-0.3, -0.25) is 0 Å². The Labute approximate surface area is 156 Å². The van der Waals surface area contributed by atoms with Crippen molar-refractivity contribution in [3.8, 4) is 5.75 Å². The molecule has 1 N–H and O–H groups in total. The molecule has 0 unspecified atom stereocenters. The minimum atomic E-state index is -0.0188. The Balaban J connectivity index is 1.70. The van der Waals surface area contributed by atoms with Gasteiger partial charge in [-0.25, -0.2) is 4.79 Å². The highest BCUT2D eigenvalue weighted by atomic mass is 16.5. The van der Waals surface area contributed by atoms with E-state index in [1.54, 1.807) is 7.11 Å². The molecule has 1 fully saturated rings. The van der Waals surface area contributed by atoms with Crippen LogP contribution in [-0.2, 0) is 6.54 Å². The maximum absolute atomic E-state index is 12.9. The van der Waals surface area contributed by atoms with Crippen LogP contribution < -0.4 is 10.1 Å². The van der Waals surface area contributed by atoms with Gasteiger partial charge in [0.2, 0.25) is 0 Å². The maximum Gasteiger partial charge on any atom is 0.318 e. The number of ether oxygens (including phenoxy) is 1. The Bertz CT molecular complexity index is 783. The van der Waals surface area contributed by atoms with E-state index in [0.717, 1.165) is 24.2 Å². The first-order chi connectivity index (χ1) is 12.5. The van der Waals surface area contributed by atoms with E-state index in [9.17, 15) is 4.79 Å². The van der Waals surface area contributed by atoms with E-state index in [0.29, 0.717) is 12.6 Å². The number of methoxy groups -OCH3 is 1. The van der Waals surface area contributed by atoms with Crippen LogP contribution in [-0.4, -0.2) is 24.1 Å². The summed E-state index contributed by atoms with van der Waals surface area (Å²) in [7, 11) is 1.66. The number of carbonyl (C=O) groups excluding carboxylic acids is 1. The lowest BCUT2D eigenvalue weighted by molar-refractivity contribution is 0.188. The van der Waals surface area contributed by atoms with Gasteiger partial charge in [0, 0.05) is 12.6 Å². The zero-order valence-electron chi connectivity index (χ0n) is 16.1. The van der Waals surface area contributed by atoms with Gasteiger partial charge in [0.05, 0.1) is 13.2 Å². The smallest absolute Gasteiger partial charge is 0.318 e. The molecule has 1 atom stereocenters. The van der Waals surface area contributed by atoms with Crippen molar-refractivity contribution in [2.24, 2.45) is 0 Å². The summed E-state index contributed by atoms with van der Waals surface area (Å²) in [6.45, 7) is 6.84. The summed E-state index contributed by atoms with van der Waals surface area (Å²) < 4.78 is 5.30. The molecule has 4 nitrogen and oxygen atoms in total. The van der Waals surface area contributed by atoms with Gasteiger partial charge in [-0.05, 0) is 62.4 Å². The van der Waals surface area contributed by atoms with E-state index >= 15 is 0 Å². The second-order valence-corrected chi connectivity index (χ2v) is 7.24. The summed E-state index contributed by atoms with van der Waals surface area (Å²) in [5.41, 5.74) is 4.71. The number of nitrogens with zero attached hydrogens (tertiary/aromatic N) is 1. The summed E-state index contributed by atoms with van der Waals surface area (Å²) >= 11 is 0. The van der Waals surface area contributed by atoms with E-state index in [1.165, 1.54) is 16.7 Å². The molecule has 3 rings (SSSR count). The summed E-state index contributed by atoms with van der Waals surface area (Å²) in [6, 6.07) is 14.6. The first kappa shape index (κ1) is 18.3. The highest BCUT2D eigenvalue weighted by Crippen LogP contribution is 2.29. The molecule has 2 aromatic carbocycles. The molecule has 1 saturated carbocycles. The van der Waals surface area contributed by atoms with Crippen LogP contribution in [0.3, 0.4) is 0 Å². The number of carbonyl (C=O) groups is 1. The zero-order chi connectivity index (χ0) is 18.7. The molecule has 0 spiro atoms. The highest BCUT2D eigenvalue weighted by molar-refractivity contribution is 5.75. The Morgan fingerprint density at radius 3 is 2.65 bits per heavy atom. The Morgan fingerprint density at radius 2 is 2.00 bits per heavy atom. The van der Waals surface area contributed by atoms with Gasteiger partial charge >= 0.3 is 6.03 Å². The van der Waals surface area contributed by atoms with Gasteiger partial charge in [0.1, 0.15) is 5.75 Å². The number of rotatable bonds is 6. The second kappa shape index (κ2) is 7.81. The normalized spacial score (nSPS) is 14.6. The van der Waals surface area contributed by atoms with Gasteiger partial charge in [-0.15, -0.1) is 0 Å². The largest absolute Gasteiger partial charge is 0.497 e. The maximum atomic E-state index is 12.9. The molecule has 4 heteroatoms. The molecular weight excluding hydrogens is 324 g/mol. The Kier molecular flexibility index (Phi) is 5.50. The number of hydrogen-bond acceptors (Lipinski definition) is 2. The lowest BCUT2D eigenvalue weighted by Gasteiger charge is -2.26. The van der Waals surface area contributed by atoms with Crippen LogP contribution in [0, 0.1) is 13.8 Å². The number of nitrogens with one attached hydrogen (secondary N) is 1. The van der Waals surface area contributed by atoms with Crippen molar-refractivity contribution in [1.29, 1.82) is 0 Å². The number of aryl methyl sites for hydroxylation is 2. The van der Waals surface area contributed by atoms with E-state index < -0.39 is 0 Å². The lowest BCUT2D eigenvalue weighted by Crippen LogP contribution is -2.42. The molecule has 0 bridgehead atoms. The monoisotopic (exact) mass is 352 g/mol. The average Bonchev–Trinajstić information content (AvgIpc) is 3.44. The van der Waals surface area contributed by atoms with Crippen molar-refractivity contribution in [3.05, 3.63) is 64.7 Å². The number of hydrogen-bond donors (Lipinski definition) is 1. The van der Waals surface area contributed by atoms with Crippen molar-refractivity contribution in [3.63, 3.8) is 0 Å². The minimum absolute atomic E-state index is 0.00259. The van der Waals surface area contributed by atoms with Gasteiger partial charge in [0.25, 0.3) is 0 Å². The van der Waals surface area contributed by atoms with Crippen molar-refractivity contribution in [1.82, 2.24) is 10.2 Å². The predicted molar refractivity (Wildman–Crippen MR) is 104 cm³/mol. The first-order valence-electron chi connectivity index (χ1n) is 9.25. The summed E-state index contributed by atoms with van der Waals surface area (Å²) in [5.74, 6) is 0.822. The van der Waals surface area contributed by atoms with Crippen LogP contribution >= 0.6 is 0 Å². The Morgan fingerprint density at radius 1 is 1.23 bits per heavy atom. The van der Waals surface area contributed by atoms with Gasteiger partial charge < -0.3 is 15.0 Å². The van der Waals surface area contributed by atoms with Crippen LogP contribution in [0.2, 0.25) is 0 Å². The zero-order valence-corrected chi connectivity index (χ0v) is 16.1. The molecule has 138 valence electrons. The van der Waals surface area contributed by atoms with Crippen molar-refractivity contribution < 1.29 is 9.53 Å². The molecule has 0 saturated heterocycles. The van der Waals surface area contributed by atoms with Gasteiger partial charge in [-0.1, -0.05) is 35.9 Å². The molecule has 0 aromatic heterocycles. The fraction of sp³-hybridized carbons (Fsp3) is 0.409. The summed E-state index contributed by atoms with van der Waals surface area (Å²) in [5, 5.41) is 3.18. The number of amides is 2. The standard InChI is InChI=1S/C22H28N2O2/c1-15-8-11-21(16(2)12-15)17(3)23-22(25)24(19-9-10-19)14-18-6-5-7-20(13-18)26-4/h5-8,11-13,17,19H,9-10,14H2,1-4H3,(H,23,25)/t17-/m1/s1. The molecule has 0 heterocycles. The van der Waals surface area contributed by atoms with Crippen LogP contribution in [0.4, 0.5) is 4.79 Å². The van der Waals surface area contributed by atoms with Crippen molar-refractivity contribution in [2.45, 2.75) is 52.2 Å².